The Kier molecular flexibility index (Phi) is 5.28. The average molecular weight is 298 g/mol. The van der Waals surface area contributed by atoms with Gasteiger partial charge in [0.1, 0.15) is 0 Å². The van der Waals surface area contributed by atoms with E-state index in [1.165, 1.54) is 5.56 Å². The lowest BCUT2D eigenvalue weighted by Crippen LogP contribution is -2.29. The molecule has 0 bridgehead atoms. The second kappa shape index (κ2) is 7.18. The van der Waals surface area contributed by atoms with Gasteiger partial charge < -0.3 is 10.0 Å². The summed E-state index contributed by atoms with van der Waals surface area (Å²) >= 11 is 0. The number of nitrogens with zero attached hydrogens (tertiary/aromatic N) is 2. The minimum atomic E-state index is -0.410. The summed E-state index contributed by atoms with van der Waals surface area (Å²) in [6, 6.07) is 9.99. The summed E-state index contributed by atoms with van der Waals surface area (Å²) in [4.78, 5) is 18.2. The summed E-state index contributed by atoms with van der Waals surface area (Å²) in [5, 5.41) is 9.32. The highest BCUT2D eigenvalue weighted by atomic mass is 16.3. The topological polar surface area (TPSA) is 53.4 Å². The van der Waals surface area contributed by atoms with Crippen molar-refractivity contribution < 1.29 is 9.90 Å². The molecule has 1 amide bonds. The third-order valence-electron chi connectivity index (χ3n) is 3.60. The van der Waals surface area contributed by atoms with Crippen LogP contribution in [0.15, 0.2) is 42.7 Å². The van der Waals surface area contributed by atoms with E-state index in [4.69, 9.17) is 0 Å². The van der Waals surface area contributed by atoms with E-state index < -0.39 is 6.10 Å². The number of hydrogen-bond donors (Lipinski definition) is 1. The van der Waals surface area contributed by atoms with Gasteiger partial charge in [-0.15, -0.1) is 0 Å². The Morgan fingerprint density at radius 3 is 2.55 bits per heavy atom. The van der Waals surface area contributed by atoms with Crippen LogP contribution in [0.3, 0.4) is 0 Å². The minimum Gasteiger partial charge on any atom is -0.393 e. The van der Waals surface area contributed by atoms with Gasteiger partial charge in [-0.25, -0.2) is 0 Å². The number of carbonyl (C=O) groups is 1. The van der Waals surface area contributed by atoms with Crippen LogP contribution in [0.5, 0.6) is 0 Å². The first-order valence-corrected chi connectivity index (χ1v) is 7.43. The molecule has 1 aromatic carbocycles. The molecule has 116 valence electrons. The van der Waals surface area contributed by atoms with Gasteiger partial charge in [0.05, 0.1) is 11.7 Å². The number of aliphatic hydroxyl groups is 1. The first-order chi connectivity index (χ1) is 10.5. The highest BCUT2D eigenvalue weighted by molar-refractivity contribution is 5.94. The molecule has 1 heterocycles. The second-order valence-electron chi connectivity index (χ2n) is 5.69. The Bertz CT molecular complexity index is 636. The number of benzene rings is 1. The maximum atomic E-state index is 12.4. The molecule has 0 aliphatic rings. The van der Waals surface area contributed by atoms with Crippen molar-refractivity contribution in [2.45, 2.75) is 26.4 Å². The Labute approximate surface area is 131 Å². The van der Waals surface area contributed by atoms with Crippen LogP contribution < -0.4 is 0 Å². The Morgan fingerprint density at radius 1 is 1.23 bits per heavy atom. The molecule has 1 unspecified atom stereocenters. The van der Waals surface area contributed by atoms with E-state index >= 15 is 0 Å². The molecule has 0 aliphatic carbocycles. The zero-order valence-electron chi connectivity index (χ0n) is 13.3. The largest absolute Gasteiger partial charge is 0.393 e. The van der Waals surface area contributed by atoms with E-state index in [0.717, 1.165) is 11.1 Å². The van der Waals surface area contributed by atoms with Gasteiger partial charge in [-0.3, -0.25) is 9.78 Å². The molecule has 1 aromatic heterocycles. The molecule has 0 radical (unpaired) electrons. The third-order valence-corrected chi connectivity index (χ3v) is 3.60. The molecule has 1 atom stereocenters. The van der Waals surface area contributed by atoms with Gasteiger partial charge in [0.2, 0.25) is 0 Å². The average Bonchev–Trinajstić information content (AvgIpc) is 2.52. The van der Waals surface area contributed by atoms with Crippen LogP contribution in [-0.2, 0) is 0 Å². The van der Waals surface area contributed by atoms with Gasteiger partial charge >= 0.3 is 0 Å². The lowest BCUT2D eigenvalue weighted by molar-refractivity contribution is 0.0768. The van der Waals surface area contributed by atoms with E-state index in [2.05, 4.69) is 4.98 Å². The fourth-order valence-electron chi connectivity index (χ4n) is 2.16. The van der Waals surface area contributed by atoms with Gasteiger partial charge in [-0.2, -0.15) is 0 Å². The van der Waals surface area contributed by atoms with Crippen LogP contribution in [0.1, 0.15) is 29.3 Å². The standard InChI is InChI=1S/C18H22N2O2/c1-13-4-6-15(7-5-13)16-10-17(12-19-11-16)18(22)20(3)9-8-14(2)21/h4-7,10-12,14,21H,8-9H2,1-3H3. The van der Waals surface area contributed by atoms with Crippen molar-refractivity contribution in [1.82, 2.24) is 9.88 Å². The fraction of sp³-hybridized carbons (Fsp3) is 0.333. The molecule has 2 aromatic rings. The van der Waals surface area contributed by atoms with Gasteiger partial charge in [0.15, 0.2) is 0 Å². The number of hydrogen-bond acceptors (Lipinski definition) is 3. The molecule has 0 aliphatic heterocycles. The smallest absolute Gasteiger partial charge is 0.255 e. The molecular weight excluding hydrogens is 276 g/mol. The van der Waals surface area contributed by atoms with Crippen molar-refractivity contribution in [3.63, 3.8) is 0 Å². The number of aromatic nitrogens is 1. The first kappa shape index (κ1) is 16.2. The van der Waals surface area contributed by atoms with Gasteiger partial charge in [-0.1, -0.05) is 29.8 Å². The minimum absolute atomic E-state index is 0.0814. The van der Waals surface area contributed by atoms with Crippen LogP contribution >= 0.6 is 0 Å². The maximum absolute atomic E-state index is 12.4. The molecule has 2 rings (SSSR count). The number of pyridine rings is 1. The van der Waals surface area contributed by atoms with E-state index in [-0.39, 0.29) is 5.91 Å². The van der Waals surface area contributed by atoms with Crippen LogP contribution in [0.25, 0.3) is 11.1 Å². The molecule has 4 heteroatoms. The SMILES string of the molecule is Cc1ccc(-c2cncc(C(=O)N(C)CCC(C)O)c2)cc1. The number of aryl methyl sites for hydroxylation is 1. The summed E-state index contributed by atoms with van der Waals surface area (Å²) in [7, 11) is 1.74. The summed E-state index contributed by atoms with van der Waals surface area (Å²) < 4.78 is 0. The monoisotopic (exact) mass is 298 g/mol. The molecule has 0 saturated carbocycles. The Morgan fingerprint density at radius 2 is 1.91 bits per heavy atom. The predicted molar refractivity (Wildman–Crippen MR) is 87.7 cm³/mol. The summed E-state index contributed by atoms with van der Waals surface area (Å²) in [6.45, 7) is 4.28. The number of carbonyl (C=O) groups excluding carboxylic acids is 1. The van der Waals surface area contributed by atoms with E-state index in [1.807, 2.05) is 37.3 Å². The Balaban J connectivity index is 2.17. The first-order valence-electron chi connectivity index (χ1n) is 7.43. The van der Waals surface area contributed by atoms with Gasteiger partial charge in [-0.05, 0) is 31.9 Å². The zero-order valence-corrected chi connectivity index (χ0v) is 13.3. The third kappa shape index (κ3) is 4.15. The molecule has 0 fully saturated rings. The van der Waals surface area contributed by atoms with E-state index in [0.29, 0.717) is 18.5 Å². The molecule has 0 spiro atoms. The molecule has 0 saturated heterocycles. The van der Waals surface area contributed by atoms with Crippen molar-refractivity contribution in [1.29, 1.82) is 0 Å². The van der Waals surface area contributed by atoms with Crippen LogP contribution in [-0.4, -0.2) is 40.6 Å². The van der Waals surface area contributed by atoms with E-state index in [9.17, 15) is 9.90 Å². The summed E-state index contributed by atoms with van der Waals surface area (Å²) in [5.41, 5.74) is 3.72. The lowest BCUT2D eigenvalue weighted by Gasteiger charge is -2.18. The highest BCUT2D eigenvalue weighted by Crippen LogP contribution is 2.20. The second-order valence-corrected chi connectivity index (χ2v) is 5.69. The number of aliphatic hydroxyl groups excluding tert-OH is 1. The van der Waals surface area contributed by atoms with E-state index in [1.54, 1.807) is 31.3 Å². The summed E-state index contributed by atoms with van der Waals surface area (Å²) in [5.74, 6) is -0.0814. The van der Waals surface area contributed by atoms with Gasteiger partial charge in [0, 0.05) is 31.5 Å². The van der Waals surface area contributed by atoms with Crippen molar-refractivity contribution >= 4 is 5.91 Å². The molecule has 22 heavy (non-hydrogen) atoms. The van der Waals surface area contributed by atoms with Crippen molar-refractivity contribution in [3.8, 4) is 11.1 Å². The Hall–Kier alpha value is -2.20. The number of amides is 1. The fourth-order valence-corrected chi connectivity index (χ4v) is 2.16. The maximum Gasteiger partial charge on any atom is 0.255 e. The van der Waals surface area contributed by atoms with Crippen LogP contribution in [0.4, 0.5) is 0 Å². The summed E-state index contributed by atoms with van der Waals surface area (Å²) in [6.07, 6.45) is 3.50. The van der Waals surface area contributed by atoms with Crippen molar-refractivity contribution in [2.75, 3.05) is 13.6 Å². The molecule has 4 nitrogen and oxygen atoms in total. The normalized spacial score (nSPS) is 12.0. The number of rotatable bonds is 5. The molecular formula is C18H22N2O2. The zero-order chi connectivity index (χ0) is 16.1. The predicted octanol–water partition coefficient (Wildman–Crippen LogP) is 2.90. The lowest BCUT2D eigenvalue weighted by atomic mass is 10.0. The van der Waals surface area contributed by atoms with Crippen LogP contribution in [0, 0.1) is 6.92 Å². The quantitative estimate of drug-likeness (QED) is 0.923. The van der Waals surface area contributed by atoms with Crippen molar-refractivity contribution in [2.24, 2.45) is 0 Å². The highest BCUT2D eigenvalue weighted by Gasteiger charge is 2.13. The molecule has 1 N–H and O–H groups in total. The van der Waals surface area contributed by atoms with Gasteiger partial charge in [0.25, 0.3) is 5.91 Å². The van der Waals surface area contributed by atoms with Crippen molar-refractivity contribution in [3.05, 3.63) is 53.9 Å². The van der Waals surface area contributed by atoms with Crippen LogP contribution in [0.2, 0.25) is 0 Å².